The van der Waals surface area contributed by atoms with E-state index in [1.807, 2.05) is 30.3 Å². The van der Waals surface area contributed by atoms with Crippen LogP contribution in [0.4, 0.5) is 0 Å². The lowest BCUT2D eigenvalue weighted by Gasteiger charge is -2.17. The first-order chi connectivity index (χ1) is 16.0. The minimum atomic E-state index is -3.40. The lowest BCUT2D eigenvalue weighted by molar-refractivity contribution is 0.0289. The summed E-state index contributed by atoms with van der Waals surface area (Å²) in [5.41, 5.74) is 1.56. The molecule has 5 nitrogen and oxygen atoms in total. The van der Waals surface area contributed by atoms with Gasteiger partial charge in [-0.15, -0.1) is 0 Å². The number of hydrogen-bond acceptors (Lipinski definition) is 5. The lowest BCUT2D eigenvalue weighted by Crippen LogP contribution is -2.19. The highest BCUT2D eigenvalue weighted by Crippen LogP contribution is 2.18. The van der Waals surface area contributed by atoms with E-state index < -0.39 is 15.8 Å². The fourth-order valence-electron chi connectivity index (χ4n) is 3.34. The second-order valence-corrected chi connectivity index (χ2v) is 9.62. The Balaban J connectivity index is 1.65. The third-order valence-corrected chi connectivity index (χ3v) is 6.78. The van der Waals surface area contributed by atoms with E-state index in [-0.39, 0.29) is 11.9 Å². The summed E-state index contributed by atoms with van der Waals surface area (Å²) in [5.74, 6) is 0.277. The molecular formula is C27H28O5S. The molecule has 0 aliphatic rings. The number of aryl methyl sites for hydroxylation is 1. The van der Waals surface area contributed by atoms with E-state index in [2.05, 4.69) is 0 Å². The van der Waals surface area contributed by atoms with Crippen LogP contribution in [0.1, 0.15) is 28.8 Å². The number of methoxy groups -OCH3 is 1. The van der Waals surface area contributed by atoms with Gasteiger partial charge in [-0.3, -0.25) is 0 Å². The molecule has 1 atom stereocenters. The van der Waals surface area contributed by atoms with Crippen LogP contribution in [0, 0.1) is 0 Å². The maximum absolute atomic E-state index is 12.6. The largest absolute Gasteiger partial charge is 0.497 e. The van der Waals surface area contributed by atoms with Gasteiger partial charge in [0.15, 0.2) is 9.84 Å². The van der Waals surface area contributed by atoms with Crippen LogP contribution >= 0.6 is 0 Å². The highest BCUT2D eigenvalue weighted by Gasteiger charge is 2.16. The number of esters is 1. The van der Waals surface area contributed by atoms with E-state index in [9.17, 15) is 13.2 Å². The number of rotatable bonds is 11. The number of carbonyl (C=O) groups is 1. The molecule has 0 bridgehead atoms. The maximum Gasteiger partial charge on any atom is 0.338 e. The van der Waals surface area contributed by atoms with E-state index in [1.165, 1.54) is 0 Å². The highest BCUT2D eigenvalue weighted by molar-refractivity contribution is 7.91. The Bertz CT molecular complexity index is 1160. The van der Waals surface area contributed by atoms with Gasteiger partial charge in [0.25, 0.3) is 0 Å². The first kappa shape index (κ1) is 24.3. The molecular weight excluding hydrogens is 436 g/mol. The second kappa shape index (κ2) is 12.0. The Hall–Kier alpha value is -3.38. The van der Waals surface area contributed by atoms with Crippen LogP contribution in [-0.4, -0.2) is 33.4 Å². The molecule has 0 radical (unpaired) electrons. The van der Waals surface area contributed by atoms with Crippen molar-refractivity contribution in [3.05, 3.63) is 108 Å². The molecule has 0 heterocycles. The van der Waals surface area contributed by atoms with Gasteiger partial charge in [0, 0.05) is 6.42 Å². The fraction of sp³-hybridized carbons (Fsp3) is 0.222. The molecule has 0 saturated heterocycles. The predicted molar refractivity (Wildman–Crippen MR) is 129 cm³/mol. The minimum Gasteiger partial charge on any atom is -0.497 e. The number of sulfone groups is 1. The number of hydrogen-bond donors (Lipinski definition) is 0. The number of ether oxygens (including phenoxy) is 2. The zero-order valence-electron chi connectivity index (χ0n) is 18.6. The van der Waals surface area contributed by atoms with Crippen molar-refractivity contribution < 1.29 is 22.7 Å². The van der Waals surface area contributed by atoms with Gasteiger partial charge in [0.2, 0.25) is 0 Å². The van der Waals surface area contributed by atoms with Crippen LogP contribution in [0.2, 0.25) is 0 Å². The van der Waals surface area contributed by atoms with Gasteiger partial charge in [0.1, 0.15) is 11.9 Å². The van der Waals surface area contributed by atoms with Crippen LogP contribution in [0.5, 0.6) is 5.75 Å². The van der Waals surface area contributed by atoms with Crippen molar-refractivity contribution >= 4 is 15.8 Å². The molecule has 0 saturated carbocycles. The molecule has 0 N–H and O–H groups in total. The Morgan fingerprint density at radius 3 is 2.30 bits per heavy atom. The topological polar surface area (TPSA) is 69.7 Å². The van der Waals surface area contributed by atoms with Crippen molar-refractivity contribution in [2.24, 2.45) is 0 Å². The summed E-state index contributed by atoms with van der Waals surface area (Å²) >= 11 is 0. The third kappa shape index (κ3) is 7.61. The van der Waals surface area contributed by atoms with Gasteiger partial charge in [-0.1, -0.05) is 60.7 Å². The van der Waals surface area contributed by atoms with E-state index >= 15 is 0 Å². The summed E-state index contributed by atoms with van der Waals surface area (Å²) in [5, 5.41) is 0. The minimum absolute atomic E-state index is 0.105. The zero-order valence-corrected chi connectivity index (χ0v) is 19.4. The summed E-state index contributed by atoms with van der Waals surface area (Å²) in [7, 11) is -1.77. The van der Waals surface area contributed by atoms with Gasteiger partial charge < -0.3 is 9.47 Å². The van der Waals surface area contributed by atoms with Gasteiger partial charge in [-0.25, -0.2) is 13.2 Å². The van der Waals surface area contributed by atoms with Gasteiger partial charge >= 0.3 is 5.97 Å². The SMILES string of the molecule is COc1cccc(CCC(C/C=C/CS(=O)(=O)c2ccccc2)OC(=O)c2ccccc2)c1. The molecule has 172 valence electrons. The normalized spacial score (nSPS) is 12.4. The first-order valence-corrected chi connectivity index (χ1v) is 12.4. The van der Waals surface area contributed by atoms with Crippen LogP contribution in [0.3, 0.4) is 0 Å². The molecule has 0 aromatic heterocycles. The zero-order chi connectivity index (χ0) is 23.5. The summed E-state index contributed by atoms with van der Waals surface area (Å²) in [6.07, 6.45) is 4.72. The van der Waals surface area contributed by atoms with E-state index in [0.717, 1.165) is 11.3 Å². The Labute approximate surface area is 195 Å². The van der Waals surface area contributed by atoms with Crippen LogP contribution in [0.25, 0.3) is 0 Å². The van der Waals surface area contributed by atoms with Crippen molar-refractivity contribution in [3.8, 4) is 5.75 Å². The summed E-state index contributed by atoms with van der Waals surface area (Å²) in [4.78, 5) is 12.9. The summed E-state index contributed by atoms with van der Waals surface area (Å²) < 4.78 is 36.0. The van der Waals surface area contributed by atoms with E-state index in [0.29, 0.717) is 29.7 Å². The third-order valence-electron chi connectivity index (χ3n) is 5.16. The predicted octanol–water partition coefficient (Wildman–Crippen LogP) is 5.27. The molecule has 3 aromatic carbocycles. The van der Waals surface area contributed by atoms with E-state index in [4.69, 9.17) is 9.47 Å². The smallest absolute Gasteiger partial charge is 0.338 e. The summed E-state index contributed by atoms with van der Waals surface area (Å²) in [6.45, 7) is 0. The van der Waals surface area contributed by atoms with Crippen molar-refractivity contribution in [1.82, 2.24) is 0 Å². The monoisotopic (exact) mass is 464 g/mol. The average Bonchev–Trinajstić information content (AvgIpc) is 2.86. The molecule has 0 aliphatic heterocycles. The second-order valence-electron chi connectivity index (χ2n) is 7.59. The Morgan fingerprint density at radius 2 is 1.61 bits per heavy atom. The van der Waals surface area contributed by atoms with Gasteiger partial charge in [-0.05, 0) is 54.8 Å². The maximum atomic E-state index is 12.6. The molecule has 0 amide bonds. The van der Waals surface area contributed by atoms with Crippen molar-refractivity contribution in [1.29, 1.82) is 0 Å². The van der Waals surface area contributed by atoms with Crippen molar-refractivity contribution in [2.45, 2.75) is 30.3 Å². The Kier molecular flexibility index (Phi) is 8.84. The molecule has 3 rings (SSSR count). The van der Waals surface area contributed by atoms with Gasteiger partial charge in [0.05, 0.1) is 23.3 Å². The lowest BCUT2D eigenvalue weighted by atomic mass is 10.0. The molecule has 0 spiro atoms. The van der Waals surface area contributed by atoms with Crippen LogP contribution in [0.15, 0.2) is 102 Å². The van der Waals surface area contributed by atoms with Crippen LogP contribution < -0.4 is 4.74 Å². The molecule has 33 heavy (non-hydrogen) atoms. The molecule has 0 fully saturated rings. The average molecular weight is 465 g/mol. The quantitative estimate of drug-likeness (QED) is 0.285. The fourth-order valence-corrected chi connectivity index (χ4v) is 4.49. The van der Waals surface area contributed by atoms with E-state index in [1.54, 1.807) is 73.9 Å². The standard InChI is InChI=1S/C27H28O5S/c1-31-25-15-10-11-22(21-25)18-19-24(32-27(28)23-12-4-2-5-13-23)14-8-9-20-33(29,30)26-16-6-3-7-17-26/h2-13,15-17,21,24H,14,18-20H2,1H3/b9-8+. The van der Waals surface area contributed by atoms with Crippen molar-refractivity contribution in [3.63, 3.8) is 0 Å². The first-order valence-electron chi connectivity index (χ1n) is 10.8. The number of benzene rings is 3. The van der Waals surface area contributed by atoms with Crippen LogP contribution in [-0.2, 0) is 21.0 Å². The Morgan fingerprint density at radius 1 is 0.909 bits per heavy atom. The highest BCUT2D eigenvalue weighted by atomic mass is 32.2. The number of carbonyl (C=O) groups excluding carboxylic acids is 1. The molecule has 6 heteroatoms. The van der Waals surface area contributed by atoms with Gasteiger partial charge in [-0.2, -0.15) is 0 Å². The molecule has 3 aromatic rings. The molecule has 1 unspecified atom stereocenters. The van der Waals surface area contributed by atoms with Crippen molar-refractivity contribution in [2.75, 3.05) is 12.9 Å². The molecule has 0 aliphatic carbocycles. The summed E-state index contributed by atoms with van der Waals surface area (Å²) in [6, 6.07) is 25.0.